The number of nitrogens with two attached hydrogens (primary N) is 1. The van der Waals surface area contributed by atoms with Crippen LogP contribution in [0.15, 0.2) is 0 Å². The predicted molar refractivity (Wildman–Crippen MR) is 30.5 cm³/mol. The molecule has 36 valence electrons. The molecule has 0 aliphatic heterocycles. The molecule has 6 heavy (non-hydrogen) atoms. The van der Waals surface area contributed by atoms with Gasteiger partial charge in [0, 0.05) is 0 Å². The Hall–Kier alpha value is 0.0249. The molecule has 0 aromatic rings. The summed E-state index contributed by atoms with van der Waals surface area (Å²) in [7, 11) is 4.00. The fourth-order valence-electron chi connectivity index (χ4n) is 0. The molecule has 0 rings (SSSR count). The van der Waals surface area contributed by atoms with E-state index in [9.17, 15) is 0 Å². The minimum atomic E-state index is 1.32. The van der Waals surface area contributed by atoms with Gasteiger partial charge in [-0.1, -0.05) is 26.7 Å². The zero-order valence-electron chi connectivity index (χ0n) is 4.57. The molecule has 0 fully saturated rings. The normalized spacial score (nSPS) is 5.83. The Bertz CT molecular complexity index is 9.51. The second-order valence-electron chi connectivity index (χ2n) is 1.000. The molecular weight excluding hydrogens is 72.9 g/mol. The van der Waals surface area contributed by atoms with Gasteiger partial charge in [0.1, 0.15) is 0 Å². The highest BCUT2D eigenvalue weighted by atomic mass is 14.3. The first-order valence-electron chi connectivity index (χ1n) is 2.25. The van der Waals surface area contributed by atoms with E-state index in [1.165, 1.54) is 12.8 Å². The van der Waals surface area contributed by atoms with Crippen molar-refractivity contribution in [1.29, 1.82) is 0 Å². The van der Waals surface area contributed by atoms with Gasteiger partial charge in [0.2, 0.25) is 0 Å². The predicted octanol–water partition coefficient (Wildman–Crippen LogP) is 0.835. The van der Waals surface area contributed by atoms with Gasteiger partial charge in [0.25, 0.3) is 0 Å². The van der Waals surface area contributed by atoms with Crippen LogP contribution in [0.4, 0.5) is 0 Å². The molecule has 0 aromatic heterocycles. The van der Waals surface area contributed by atoms with Crippen molar-refractivity contribution < 1.29 is 0 Å². The molecule has 0 aliphatic carbocycles. The second kappa shape index (κ2) is 19.9. The largest absolute Gasteiger partial charge is 0.380 e. The van der Waals surface area contributed by atoms with Crippen LogP contribution in [0.1, 0.15) is 26.7 Å². The summed E-state index contributed by atoms with van der Waals surface area (Å²) in [6.07, 6.45) is 2.64. The standard InChI is InChI=1S/C4H10.BH2N/c1-3-4-2;1-2/h3-4H2,1-2H3;2H2. The summed E-state index contributed by atoms with van der Waals surface area (Å²) in [5.41, 5.74) is 4.00. The lowest BCUT2D eigenvalue weighted by Crippen LogP contribution is -1.75. The monoisotopic (exact) mass is 85.1 g/mol. The Kier molecular flexibility index (Phi) is 31.1. The maximum absolute atomic E-state index is 4.00. The molecule has 0 atom stereocenters. The Morgan fingerprint density at radius 2 is 1.33 bits per heavy atom. The Morgan fingerprint density at radius 1 is 1.17 bits per heavy atom. The number of hydrogen-bond acceptors (Lipinski definition) is 1. The van der Waals surface area contributed by atoms with Crippen LogP contribution in [-0.2, 0) is 0 Å². The van der Waals surface area contributed by atoms with Gasteiger partial charge in [0.15, 0.2) is 7.98 Å². The van der Waals surface area contributed by atoms with Crippen LogP contribution >= 0.6 is 0 Å². The lowest BCUT2D eigenvalue weighted by atomic mass is 10.4. The first kappa shape index (κ1) is 9.39. The van der Waals surface area contributed by atoms with Gasteiger partial charge in [-0.25, -0.2) is 0 Å². The van der Waals surface area contributed by atoms with Gasteiger partial charge in [0.05, 0.1) is 0 Å². The van der Waals surface area contributed by atoms with Gasteiger partial charge in [-0.15, -0.1) is 0 Å². The van der Waals surface area contributed by atoms with E-state index in [0.717, 1.165) is 0 Å². The molecule has 0 amide bonds. The zero-order valence-corrected chi connectivity index (χ0v) is 4.57. The van der Waals surface area contributed by atoms with E-state index in [2.05, 4.69) is 27.5 Å². The lowest BCUT2D eigenvalue weighted by Gasteiger charge is -1.68. The van der Waals surface area contributed by atoms with Crippen molar-refractivity contribution in [3.05, 3.63) is 0 Å². The number of unbranched alkanes of at least 4 members (excludes halogenated alkanes) is 1. The minimum Gasteiger partial charge on any atom is -0.380 e. The van der Waals surface area contributed by atoms with Crippen molar-refractivity contribution in [2.45, 2.75) is 26.7 Å². The van der Waals surface area contributed by atoms with Crippen LogP contribution in [0, 0.1) is 0 Å². The third-order valence-electron chi connectivity index (χ3n) is 0.500. The van der Waals surface area contributed by atoms with Crippen LogP contribution in [0.25, 0.3) is 0 Å². The smallest absolute Gasteiger partial charge is 0.174 e. The number of hydrogen-bond donors (Lipinski definition) is 1. The summed E-state index contributed by atoms with van der Waals surface area (Å²) in [6, 6.07) is 0. The van der Waals surface area contributed by atoms with Crippen LogP contribution in [0.3, 0.4) is 0 Å². The summed E-state index contributed by atoms with van der Waals surface area (Å²) in [5, 5.41) is 0. The van der Waals surface area contributed by atoms with Gasteiger partial charge in [-0.05, 0) is 0 Å². The first-order valence-corrected chi connectivity index (χ1v) is 2.25. The van der Waals surface area contributed by atoms with Gasteiger partial charge in [-0.2, -0.15) is 0 Å². The average Bonchev–Trinajstić information content (AvgIpc) is 1.72. The van der Waals surface area contributed by atoms with Crippen molar-refractivity contribution in [3.63, 3.8) is 0 Å². The van der Waals surface area contributed by atoms with Gasteiger partial charge < -0.3 is 5.64 Å². The zero-order chi connectivity index (χ0) is 5.41. The molecule has 0 saturated carbocycles. The third kappa shape index (κ3) is 35.1. The SMILES string of the molecule is CCCC.[B]N. The summed E-state index contributed by atoms with van der Waals surface area (Å²) >= 11 is 0. The van der Waals surface area contributed by atoms with E-state index in [-0.39, 0.29) is 0 Å². The van der Waals surface area contributed by atoms with Crippen molar-refractivity contribution in [3.8, 4) is 0 Å². The maximum Gasteiger partial charge on any atom is 0.174 e. The third-order valence-corrected chi connectivity index (χ3v) is 0.500. The summed E-state index contributed by atoms with van der Waals surface area (Å²) in [6.45, 7) is 4.36. The van der Waals surface area contributed by atoms with Crippen LogP contribution in [0.5, 0.6) is 0 Å². The van der Waals surface area contributed by atoms with E-state index in [4.69, 9.17) is 0 Å². The molecule has 0 heterocycles. The topological polar surface area (TPSA) is 26.0 Å². The summed E-state index contributed by atoms with van der Waals surface area (Å²) in [4.78, 5) is 0. The van der Waals surface area contributed by atoms with Crippen LogP contribution in [0.2, 0.25) is 0 Å². The highest BCUT2D eigenvalue weighted by Crippen LogP contribution is 1.76. The fourth-order valence-corrected chi connectivity index (χ4v) is 0. The molecule has 1 nitrogen and oxygen atoms in total. The molecule has 0 spiro atoms. The highest BCUT2D eigenvalue weighted by Gasteiger charge is 1.56. The molecule has 2 N–H and O–H groups in total. The molecule has 2 heteroatoms. The van der Waals surface area contributed by atoms with E-state index >= 15 is 0 Å². The van der Waals surface area contributed by atoms with Crippen molar-refractivity contribution in [2.75, 3.05) is 0 Å². The highest BCUT2D eigenvalue weighted by molar-refractivity contribution is 6.02. The minimum absolute atomic E-state index is 1.32. The molecule has 0 saturated heterocycles. The van der Waals surface area contributed by atoms with E-state index in [1.54, 1.807) is 0 Å². The lowest BCUT2D eigenvalue weighted by molar-refractivity contribution is 0.886. The molecule has 0 bridgehead atoms. The van der Waals surface area contributed by atoms with Crippen molar-refractivity contribution in [1.82, 2.24) is 0 Å². The van der Waals surface area contributed by atoms with E-state index in [1.807, 2.05) is 0 Å². The quantitative estimate of drug-likeness (QED) is 0.469. The van der Waals surface area contributed by atoms with E-state index < -0.39 is 0 Å². The molecule has 0 aliphatic rings. The number of rotatable bonds is 1. The van der Waals surface area contributed by atoms with Gasteiger partial charge in [-0.3, -0.25) is 0 Å². The Morgan fingerprint density at radius 3 is 1.33 bits per heavy atom. The van der Waals surface area contributed by atoms with Crippen LogP contribution < -0.4 is 5.64 Å². The molecular formula is C4H12BN. The molecule has 2 radical (unpaired) electrons. The maximum atomic E-state index is 4.00. The fraction of sp³-hybridized carbons (Fsp3) is 1.00. The van der Waals surface area contributed by atoms with Crippen molar-refractivity contribution in [2.24, 2.45) is 5.64 Å². The first-order chi connectivity index (χ1) is 2.91. The van der Waals surface area contributed by atoms with E-state index in [0.29, 0.717) is 0 Å². The Labute approximate surface area is 41.4 Å². The van der Waals surface area contributed by atoms with Gasteiger partial charge >= 0.3 is 0 Å². The van der Waals surface area contributed by atoms with Crippen LogP contribution in [-0.4, -0.2) is 7.98 Å². The summed E-state index contributed by atoms with van der Waals surface area (Å²) in [5.74, 6) is 0. The Balaban J connectivity index is 0. The summed E-state index contributed by atoms with van der Waals surface area (Å²) < 4.78 is 0. The molecule has 0 unspecified atom stereocenters. The molecule has 0 aromatic carbocycles. The second-order valence-corrected chi connectivity index (χ2v) is 1.000. The average molecular weight is 85.0 g/mol. The van der Waals surface area contributed by atoms with Crippen molar-refractivity contribution >= 4 is 7.98 Å².